The van der Waals surface area contributed by atoms with Crippen molar-refractivity contribution in [2.24, 2.45) is 0 Å². The fraction of sp³-hybridized carbons (Fsp3) is 0.500. The Bertz CT molecular complexity index is 1170. The van der Waals surface area contributed by atoms with Gasteiger partial charge in [0.15, 0.2) is 0 Å². The number of hydrogen-bond acceptors (Lipinski definition) is 4. The highest BCUT2D eigenvalue weighted by Gasteiger charge is 2.32. The van der Waals surface area contributed by atoms with E-state index in [1.807, 2.05) is 63.2 Å². The predicted molar refractivity (Wildman–Crippen MR) is 144 cm³/mol. The van der Waals surface area contributed by atoms with Gasteiger partial charge in [0.25, 0.3) is 0 Å². The molecule has 1 aliphatic rings. The maximum atomic E-state index is 13.8. The zero-order valence-corrected chi connectivity index (χ0v) is 22.9. The molecule has 1 fully saturated rings. The van der Waals surface area contributed by atoms with Crippen LogP contribution in [0.15, 0.2) is 42.5 Å². The van der Waals surface area contributed by atoms with E-state index >= 15 is 0 Å². The number of para-hydroxylation sites is 1. The summed E-state index contributed by atoms with van der Waals surface area (Å²) in [4.78, 5) is 28.6. The largest absolute Gasteiger partial charge is 0.352 e. The van der Waals surface area contributed by atoms with Gasteiger partial charge in [0.05, 0.1) is 11.9 Å². The number of nitrogens with one attached hydrogen (secondary N) is 1. The number of carbonyl (C=O) groups is 2. The van der Waals surface area contributed by atoms with Gasteiger partial charge in [-0.05, 0) is 62.8 Å². The van der Waals surface area contributed by atoms with Crippen molar-refractivity contribution in [3.8, 4) is 0 Å². The lowest BCUT2D eigenvalue weighted by Gasteiger charge is -2.33. The maximum absolute atomic E-state index is 13.8. The van der Waals surface area contributed by atoms with E-state index in [9.17, 15) is 18.0 Å². The Morgan fingerprint density at radius 1 is 0.944 bits per heavy atom. The number of anilines is 1. The lowest BCUT2D eigenvalue weighted by atomic mass is 9.95. The van der Waals surface area contributed by atoms with Gasteiger partial charge < -0.3 is 10.2 Å². The number of amides is 2. The van der Waals surface area contributed by atoms with Crippen LogP contribution in [0.2, 0.25) is 0 Å². The molecule has 0 aliphatic heterocycles. The minimum Gasteiger partial charge on any atom is -0.352 e. The van der Waals surface area contributed by atoms with Crippen LogP contribution >= 0.6 is 0 Å². The first kappa shape index (κ1) is 27.7. The third-order valence-corrected chi connectivity index (χ3v) is 8.20. The highest BCUT2D eigenvalue weighted by atomic mass is 32.2. The van der Waals surface area contributed by atoms with E-state index in [1.54, 1.807) is 6.92 Å². The molecule has 0 spiro atoms. The van der Waals surface area contributed by atoms with Gasteiger partial charge in [-0.15, -0.1) is 0 Å². The molecule has 1 saturated carbocycles. The number of benzene rings is 2. The maximum Gasteiger partial charge on any atom is 0.244 e. The lowest BCUT2D eigenvalue weighted by Crippen LogP contribution is -2.53. The van der Waals surface area contributed by atoms with Crippen LogP contribution in [0.4, 0.5) is 5.69 Å². The molecule has 3 rings (SSSR count). The molecule has 0 radical (unpaired) electrons. The molecule has 196 valence electrons. The van der Waals surface area contributed by atoms with Crippen molar-refractivity contribution in [3.63, 3.8) is 0 Å². The smallest absolute Gasteiger partial charge is 0.244 e. The first-order chi connectivity index (χ1) is 17.0. The van der Waals surface area contributed by atoms with Crippen LogP contribution in [0.25, 0.3) is 0 Å². The summed E-state index contributed by atoms with van der Waals surface area (Å²) in [6.45, 7) is 7.18. The molecular formula is C28H39N3O4S. The predicted octanol–water partition coefficient (Wildman–Crippen LogP) is 4.24. The van der Waals surface area contributed by atoms with Gasteiger partial charge in [-0.1, -0.05) is 61.7 Å². The molecule has 2 amide bonds. The molecule has 36 heavy (non-hydrogen) atoms. The second-order valence-electron chi connectivity index (χ2n) is 9.98. The van der Waals surface area contributed by atoms with Gasteiger partial charge in [0.1, 0.15) is 12.6 Å². The first-order valence-corrected chi connectivity index (χ1v) is 14.5. The van der Waals surface area contributed by atoms with Gasteiger partial charge in [0, 0.05) is 12.6 Å². The van der Waals surface area contributed by atoms with Gasteiger partial charge in [-0.3, -0.25) is 13.9 Å². The monoisotopic (exact) mass is 513 g/mol. The number of nitrogens with zero attached hydrogens (tertiary/aromatic N) is 2. The Kier molecular flexibility index (Phi) is 9.17. The SMILES string of the molecule is Cc1ccccc1CN(C(=O)CN(c1c(C)cccc1C)S(C)(=O)=O)[C@H](C)C(=O)NC1CCCCC1. The van der Waals surface area contributed by atoms with Crippen LogP contribution in [-0.4, -0.2) is 50.0 Å². The summed E-state index contributed by atoms with van der Waals surface area (Å²) >= 11 is 0. The summed E-state index contributed by atoms with van der Waals surface area (Å²) in [5.74, 6) is -0.626. The van der Waals surface area contributed by atoms with Crippen molar-refractivity contribution >= 4 is 27.5 Å². The Morgan fingerprint density at radius 3 is 2.11 bits per heavy atom. The third-order valence-electron chi connectivity index (χ3n) is 7.09. The molecule has 2 aromatic rings. The Balaban J connectivity index is 1.92. The highest BCUT2D eigenvalue weighted by Crippen LogP contribution is 2.27. The molecule has 0 saturated heterocycles. The third kappa shape index (κ3) is 6.87. The summed E-state index contributed by atoms with van der Waals surface area (Å²) in [6.07, 6.45) is 6.35. The van der Waals surface area contributed by atoms with Gasteiger partial charge >= 0.3 is 0 Å². The van der Waals surface area contributed by atoms with Crippen molar-refractivity contribution in [1.29, 1.82) is 0 Å². The Hall–Kier alpha value is -2.87. The molecule has 0 aromatic heterocycles. The standard InChI is InChI=1S/C28H39N3O4S/c1-20-12-9-10-15-24(20)18-30(23(4)28(33)29-25-16-7-6-8-17-25)26(32)19-31(36(5,34)35)27-21(2)13-11-14-22(27)3/h9-15,23,25H,6-8,16-19H2,1-5H3,(H,29,33)/t23-/m1/s1. The average molecular weight is 514 g/mol. The van der Waals surface area contributed by atoms with Crippen molar-refractivity contribution in [2.45, 2.75) is 78.4 Å². The zero-order valence-electron chi connectivity index (χ0n) is 22.1. The number of carbonyl (C=O) groups excluding carboxylic acids is 2. The second kappa shape index (κ2) is 11.9. The van der Waals surface area contributed by atoms with Crippen LogP contribution < -0.4 is 9.62 Å². The van der Waals surface area contributed by atoms with E-state index in [4.69, 9.17) is 0 Å². The van der Waals surface area contributed by atoms with Crippen molar-refractivity contribution in [2.75, 3.05) is 17.1 Å². The summed E-state index contributed by atoms with van der Waals surface area (Å²) in [7, 11) is -3.76. The summed E-state index contributed by atoms with van der Waals surface area (Å²) in [5.41, 5.74) is 3.96. The lowest BCUT2D eigenvalue weighted by molar-refractivity contribution is -0.139. The van der Waals surface area contributed by atoms with Crippen molar-refractivity contribution in [3.05, 3.63) is 64.7 Å². The van der Waals surface area contributed by atoms with Gasteiger partial charge in [-0.25, -0.2) is 8.42 Å². The van der Waals surface area contributed by atoms with Crippen LogP contribution in [0.3, 0.4) is 0 Å². The minimum absolute atomic E-state index is 0.117. The molecule has 0 unspecified atom stereocenters. The van der Waals surface area contributed by atoms with Crippen LogP contribution in [0.1, 0.15) is 61.3 Å². The van der Waals surface area contributed by atoms with Gasteiger partial charge in [0.2, 0.25) is 21.8 Å². The normalized spacial score (nSPS) is 15.2. The number of rotatable bonds is 9. The summed E-state index contributed by atoms with van der Waals surface area (Å²) in [6, 6.07) is 12.6. The van der Waals surface area contributed by atoms with E-state index < -0.39 is 22.0 Å². The average Bonchev–Trinajstić information content (AvgIpc) is 2.82. The molecule has 1 aliphatic carbocycles. The molecule has 1 atom stereocenters. The summed E-state index contributed by atoms with van der Waals surface area (Å²) in [5, 5.41) is 3.12. The Morgan fingerprint density at radius 2 is 1.53 bits per heavy atom. The summed E-state index contributed by atoms with van der Waals surface area (Å²) < 4.78 is 26.9. The molecule has 2 aromatic carbocycles. The van der Waals surface area contributed by atoms with Crippen LogP contribution in [0, 0.1) is 20.8 Å². The van der Waals surface area contributed by atoms with Gasteiger partial charge in [-0.2, -0.15) is 0 Å². The number of sulfonamides is 1. The fourth-order valence-corrected chi connectivity index (χ4v) is 5.86. The Labute approximate surface area is 215 Å². The second-order valence-corrected chi connectivity index (χ2v) is 11.9. The molecule has 0 heterocycles. The molecular weight excluding hydrogens is 474 g/mol. The van der Waals surface area contributed by atoms with E-state index in [0.29, 0.717) is 5.69 Å². The molecule has 7 nitrogen and oxygen atoms in total. The van der Waals surface area contributed by atoms with E-state index in [1.165, 1.54) is 11.3 Å². The number of hydrogen-bond donors (Lipinski definition) is 1. The molecule has 0 bridgehead atoms. The quantitative estimate of drug-likeness (QED) is 0.543. The van der Waals surface area contributed by atoms with E-state index in [-0.39, 0.29) is 25.0 Å². The van der Waals surface area contributed by atoms with Crippen LogP contribution in [-0.2, 0) is 26.2 Å². The fourth-order valence-electron chi connectivity index (χ4n) is 4.90. The molecule has 8 heteroatoms. The number of aryl methyl sites for hydroxylation is 3. The topological polar surface area (TPSA) is 86.8 Å². The zero-order chi connectivity index (χ0) is 26.5. The highest BCUT2D eigenvalue weighted by molar-refractivity contribution is 7.92. The van der Waals surface area contributed by atoms with E-state index in [0.717, 1.165) is 58.5 Å². The van der Waals surface area contributed by atoms with Crippen LogP contribution in [0.5, 0.6) is 0 Å². The van der Waals surface area contributed by atoms with Crippen molar-refractivity contribution < 1.29 is 18.0 Å². The van der Waals surface area contributed by atoms with E-state index in [2.05, 4.69) is 5.32 Å². The van der Waals surface area contributed by atoms with Crippen molar-refractivity contribution in [1.82, 2.24) is 10.2 Å². The minimum atomic E-state index is -3.76. The molecule has 1 N–H and O–H groups in total. The first-order valence-electron chi connectivity index (χ1n) is 12.7.